The summed E-state index contributed by atoms with van der Waals surface area (Å²) in [5.74, 6) is 1.98. The van der Waals surface area contributed by atoms with E-state index in [1.807, 2.05) is 26.0 Å². The van der Waals surface area contributed by atoms with Crippen LogP contribution in [0.2, 0.25) is 0 Å². The molecule has 0 aliphatic rings. The highest BCUT2D eigenvalue weighted by atomic mass is 16.3. The Morgan fingerprint density at radius 3 is 2.50 bits per heavy atom. The van der Waals surface area contributed by atoms with Crippen molar-refractivity contribution in [2.75, 3.05) is 6.54 Å². The van der Waals surface area contributed by atoms with E-state index in [4.69, 9.17) is 10.2 Å². The van der Waals surface area contributed by atoms with Gasteiger partial charge in [0.15, 0.2) is 0 Å². The van der Waals surface area contributed by atoms with Crippen LogP contribution in [0, 0.1) is 18.8 Å². The maximum absolute atomic E-state index is 12.1. The SMILES string of the molecule is Cc1ccc(C(C)NC(=O)C(CN)CC(C)C)o1. The first-order chi connectivity index (χ1) is 8.43. The van der Waals surface area contributed by atoms with Crippen LogP contribution in [0.1, 0.15) is 44.8 Å². The lowest BCUT2D eigenvalue weighted by Gasteiger charge is -2.19. The molecule has 0 radical (unpaired) electrons. The number of rotatable bonds is 6. The first kappa shape index (κ1) is 14.8. The van der Waals surface area contributed by atoms with E-state index in [1.54, 1.807) is 0 Å². The minimum Gasteiger partial charge on any atom is -0.464 e. The first-order valence-corrected chi connectivity index (χ1v) is 6.50. The Kier molecular flexibility index (Phi) is 5.41. The van der Waals surface area contributed by atoms with Gasteiger partial charge in [-0.25, -0.2) is 0 Å². The largest absolute Gasteiger partial charge is 0.464 e. The molecular formula is C14H24N2O2. The molecule has 2 atom stereocenters. The molecule has 4 nitrogen and oxygen atoms in total. The number of hydrogen-bond acceptors (Lipinski definition) is 3. The summed E-state index contributed by atoms with van der Waals surface area (Å²) in [6.07, 6.45) is 0.812. The summed E-state index contributed by atoms with van der Waals surface area (Å²) in [4.78, 5) is 12.1. The smallest absolute Gasteiger partial charge is 0.224 e. The Morgan fingerprint density at radius 2 is 2.06 bits per heavy atom. The van der Waals surface area contributed by atoms with Crippen LogP contribution in [-0.4, -0.2) is 12.5 Å². The number of hydrogen-bond donors (Lipinski definition) is 2. The molecule has 1 aromatic heterocycles. The van der Waals surface area contributed by atoms with E-state index >= 15 is 0 Å². The molecule has 0 bridgehead atoms. The first-order valence-electron chi connectivity index (χ1n) is 6.50. The highest BCUT2D eigenvalue weighted by Crippen LogP contribution is 2.17. The molecular weight excluding hydrogens is 228 g/mol. The topological polar surface area (TPSA) is 68.3 Å². The van der Waals surface area contributed by atoms with Crippen molar-refractivity contribution in [2.24, 2.45) is 17.6 Å². The van der Waals surface area contributed by atoms with Gasteiger partial charge in [-0.3, -0.25) is 4.79 Å². The van der Waals surface area contributed by atoms with Gasteiger partial charge in [-0.2, -0.15) is 0 Å². The van der Waals surface area contributed by atoms with Crippen LogP contribution in [0.3, 0.4) is 0 Å². The zero-order chi connectivity index (χ0) is 13.7. The van der Waals surface area contributed by atoms with Crippen LogP contribution >= 0.6 is 0 Å². The normalized spacial score (nSPS) is 14.6. The van der Waals surface area contributed by atoms with Crippen LogP contribution in [0.4, 0.5) is 0 Å². The second kappa shape index (κ2) is 6.59. The second-order valence-electron chi connectivity index (χ2n) is 5.24. The maximum atomic E-state index is 12.1. The van der Waals surface area contributed by atoms with Crippen molar-refractivity contribution >= 4 is 5.91 Å². The molecule has 18 heavy (non-hydrogen) atoms. The van der Waals surface area contributed by atoms with E-state index in [0.717, 1.165) is 17.9 Å². The average molecular weight is 252 g/mol. The fourth-order valence-electron chi connectivity index (χ4n) is 1.97. The van der Waals surface area contributed by atoms with Gasteiger partial charge in [0.05, 0.1) is 12.0 Å². The predicted octanol–water partition coefficient (Wildman–Crippen LogP) is 2.39. The zero-order valence-electron chi connectivity index (χ0n) is 11.7. The van der Waals surface area contributed by atoms with Gasteiger partial charge in [0, 0.05) is 6.54 Å². The second-order valence-corrected chi connectivity index (χ2v) is 5.24. The Balaban J connectivity index is 2.57. The van der Waals surface area contributed by atoms with Gasteiger partial charge in [-0.05, 0) is 38.3 Å². The van der Waals surface area contributed by atoms with Crippen LogP contribution in [0.15, 0.2) is 16.5 Å². The molecule has 3 N–H and O–H groups in total. The van der Waals surface area contributed by atoms with Crippen LogP contribution in [0.5, 0.6) is 0 Å². The van der Waals surface area contributed by atoms with E-state index < -0.39 is 0 Å². The van der Waals surface area contributed by atoms with E-state index in [0.29, 0.717) is 12.5 Å². The van der Waals surface area contributed by atoms with Gasteiger partial charge < -0.3 is 15.5 Å². The van der Waals surface area contributed by atoms with Gasteiger partial charge in [-0.1, -0.05) is 13.8 Å². The average Bonchev–Trinajstić information content (AvgIpc) is 2.72. The van der Waals surface area contributed by atoms with Crippen molar-refractivity contribution in [2.45, 2.75) is 40.2 Å². The summed E-state index contributed by atoms with van der Waals surface area (Å²) in [5, 5.41) is 2.95. The number of amides is 1. The van der Waals surface area contributed by atoms with Crippen molar-refractivity contribution in [1.29, 1.82) is 0 Å². The molecule has 0 fully saturated rings. The van der Waals surface area contributed by atoms with Crippen molar-refractivity contribution in [3.63, 3.8) is 0 Å². The lowest BCUT2D eigenvalue weighted by Crippen LogP contribution is -2.37. The molecule has 1 rings (SSSR count). The van der Waals surface area contributed by atoms with Gasteiger partial charge in [0.2, 0.25) is 5.91 Å². The summed E-state index contributed by atoms with van der Waals surface area (Å²) >= 11 is 0. The van der Waals surface area contributed by atoms with Crippen molar-refractivity contribution in [3.05, 3.63) is 23.7 Å². The lowest BCUT2D eigenvalue weighted by atomic mass is 9.96. The minimum absolute atomic E-state index is 0.00718. The molecule has 102 valence electrons. The lowest BCUT2D eigenvalue weighted by molar-refractivity contribution is -0.126. The molecule has 0 aliphatic heterocycles. The van der Waals surface area contributed by atoms with E-state index in [2.05, 4.69) is 19.2 Å². The third-order valence-electron chi connectivity index (χ3n) is 2.96. The molecule has 1 heterocycles. The number of nitrogens with two attached hydrogens (primary N) is 1. The third kappa shape index (κ3) is 4.18. The van der Waals surface area contributed by atoms with Crippen LogP contribution in [-0.2, 0) is 4.79 Å². The van der Waals surface area contributed by atoms with Gasteiger partial charge in [0.25, 0.3) is 0 Å². The number of carbonyl (C=O) groups excluding carboxylic acids is 1. The third-order valence-corrected chi connectivity index (χ3v) is 2.96. The highest BCUT2D eigenvalue weighted by molar-refractivity contribution is 5.79. The van der Waals surface area contributed by atoms with E-state index in [1.165, 1.54) is 0 Å². The molecule has 0 saturated heterocycles. The Hall–Kier alpha value is -1.29. The number of furan rings is 1. The summed E-state index contributed by atoms with van der Waals surface area (Å²) in [6.45, 7) is 8.37. The van der Waals surface area contributed by atoms with E-state index in [9.17, 15) is 4.79 Å². The highest BCUT2D eigenvalue weighted by Gasteiger charge is 2.21. The van der Waals surface area contributed by atoms with Crippen molar-refractivity contribution < 1.29 is 9.21 Å². The maximum Gasteiger partial charge on any atom is 0.224 e. The van der Waals surface area contributed by atoms with Crippen molar-refractivity contribution in [3.8, 4) is 0 Å². The van der Waals surface area contributed by atoms with Gasteiger partial charge in [-0.15, -0.1) is 0 Å². The Labute approximate surface area is 109 Å². The Bertz CT molecular complexity index is 385. The van der Waals surface area contributed by atoms with Crippen LogP contribution < -0.4 is 11.1 Å². The summed E-state index contributed by atoms with van der Waals surface area (Å²) < 4.78 is 5.49. The zero-order valence-corrected chi connectivity index (χ0v) is 11.7. The predicted molar refractivity (Wildman–Crippen MR) is 72.0 cm³/mol. The van der Waals surface area contributed by atoms with Gasteiger partial charge >= 0.3 is 0 Å². The Morgan fingerprint density at radius 1 is 1.39 bits per heavy atom. The minimum atomic E-state index is -0.122. The fourth-order valence-corrected chi connectivity index (χ4v) is 1.97. The number of nitrogens with one attached hydrogen (secondary N) is 1. The monoisotopic (exact) mass is 252 g/mol. The quantitative estimate of drug-likeness (QED) is 0.816. The summed E-state index contributed by atoms with van der Waals surface area (Å²) in [5.41, 5.74) is 5.66. The van der Waals surface area contributed by atoms with E-state index in [-0.39, 0.29) is 17.9 Å². The van der Waals surface area contributed by atoms with Crippen LogP contribution in [0.25, 0.3) is 0 Å². The van der Waals surface area contributed by atoms with Crippen molar-refractivity contribution in [1.82, 2.24) is 5.32 Å². The van der Waals surface area contributed by atoms with Gasteiger partial charge in [0.1, 0.15) is 11.5 Å². The standard InChI is InChI=1S/C14H24N2O2/c1-9(2)7-12(8-15)14(17)16-11(4)13-6-5-10(3)18-13/h5-6,9,11-12H,7-8,15H2,1-4H3,(H,16,17). The molecule has 1 amide bonds. The summed E-state index contributed by atoms with van der Waals surface area (Å²) in [6, 6.07) is 3.67. The molecule has 4 heteroatoms. The fraction of sp³-hybridized carbons (Fsp3) is 0.643. The number of carbonyl (C=O) groups is 1. The number of aryl methyl sites for hydroxylation is 1. The molecule has 0 spiro atoms. The molecule has 0 aliphatic carbocycles. The molecule has 1 aromatic rings. The summed E-state index contributed by atoms with van der Waals surface area (Å²) in [7, 11) is 0. The molecule has 2 unspecified atom stereocenters. The molecule has 0 saturated carbocycles. The molecule has 0 aromatic carbocycles.